The van der Waals surface area contributed by atoms with Crippen LogP contribution in [0.5, 0.6) is 0 Å². The minimum atomic E-state index is -2.47. The molecule has 21 aliphatic rings. The van der Waals surface area contributed by atoms with Gasteiger partial charge in [-0.15, -0.1) is 0 Å². The number of hydrogen-bond donors (Lipinski definition) is 21. The average Bonchev–Trinajstić information content (AvgIpc) is 0.777. The van der Waals surface area contributed by atoms with Crippen molar-refractivity contribution in [2.45, 2.75) is 215 Å². The van der Waals surface area contributed by atoms with Gasteiger partial charge in [0.1, 0.15) is 217 Å². The van der Waals surface area contributed by atoms with E-state index in [4.69, 9.17) is 99.5 Å². The third-order valence-electron chi connectivity index (χ3n) is 17.1. The maximum absolute atomic E-state index is 11.9. The molecule has 0 amide bonds. The van der Waals surface area contributed by atoms with Crippen molar-refractivity contribution in [2.75, 3.05) is 92.5 Å². The molecule has 106 heavy (non-hydrogen) atoms. The van der Waals surface area contributed by atoms with Crippen LogP contribution in [0, 0.1) is 0 Å². The summed E-state index contributed by atoms with van der Waals surface area (Å²) in [6.07, 6.45) is -79.3. The standard InChI is InChI=1S/C56H84O49.Na/c57-22(58)8-85-1-15-43-29(71)36(78)50(92-15)100-44-16(2-86-9-23(59)60)94-52(38(80)31(44)73)102-46-18(4-88-11-25(63)64)96-54(40(82)33(46)75)104-48-20(6-90-13-27(67)68)98-56(42(84)35(48)77)105-49-21(7-91-14-28(69)70)97-55(41(83)34(49)76)103-47-19(5-89-12-26(65)66)95-53(39(81)32(47)74)101-45-17(3-87-10-24(61)62)93-51(99-43)37(79)30(45)72;/h15-21,29-56,71-84H,1-14H2,(H,57,58)(H,59,60)(H,61,62)(H,63,64)(H,65,66)(H,67,68)(H,69,70);/t15-,16-,17-,18-,19-,20-,21-,29-,30?,31?,32-,33?,34?,35?,36-,37-,38-,39-,40-,41-,42-,43-,44-,45-,46-,47-,48-,49-,50-,51-,52-,53-,54-,55-,56-;/m1./s1. The van der Waals surface area contributed by atoms with Gasteiger partial charge in [-0.3, -0.25) is 0 Å². The number of carboxylic acids is 7. The molecule has 0 spiro atoms. The zero-order valence-electron chi connectivity index (χ0n) is 55.4. The Morgan fingerprint density at radius 2 is 0.292 bits per heavy atom. The van der Waals surface area contributed by atoms with Crippen molar-refractivity contribution in [3.05, 3.63) is 0 Å². The number of rotatable bonds is 28. The van der Waals surface area contributed by atoms with Crippen molar-refractivity contribution in [3.8, 4) is 0 Å². The number of ether oxygens (including phenoxy) is 21. The fourth-order valence-electron chi connectivity index (χ4n) is 12.2. The second-order valence-corrected chi connectivity index (χ2v) is 24.7. The van der Waals surface area contributed by atoms with Gasteiger partial charge in [0, 0.05) is 29.6 Å². The van der Waals surface area contributed by atoms with Crippen LogP contribution in [0.2, 0.25) is 0 Å². The zero-order chi connectivity index (χ0) is 77.0. The van der Waals surface area contributed by atoms with E-state index in [1.54, 1.807) is 0 Å². The predicted molar refractivity (Wildman–Crippen MR) is 314 cm³/mol. The van der Waals surface area contributed by atoms with E-state index in [2.05, 4.69) is 0 Å². The molecule has 49 nitrogen and oxygen atoms in total. The van der Waals surface area contributed by atoms with E-state index in [1.165, 1.54) is 0 Å². The van der Waals surface area contributed by atoms with Gasteiger partial charge < -0.3 is 207 Å². The van der Waals surface area contributed by atoms with Crippen LogP contribution in [0.1, 0.15) is 0 Å². The van der Waals surface area contributed by atoms with Crippen molar-refractivity contribution < 1.29 is 240 Å². The molecule has 1 radical (unpaired) electrons. The van der Waals surface area contributed by atoms with Gasteiger partial charge in [0.05, 0.1) is 46.2 Å². The molecule has 5 unspecified atom stereocenters. The molecule has 21 fully saturated rings. The molecule has 0 aromatic carbocycles. The van der Waals surface area contributed by atoms with Gasteiger partial charge in [-0.2, -0.15) is 0 Å². The Labute approximate surface area is 616 Å². The van der Waals surface area contributed by atoms with Crippen LogP contribution in [0.4, 0.5) is 0 Å². The molecule has 0 saturated carbocycles. The summed E-state index contributed by atoms with van der Waals surface area (Å²) in [4.78, 5) is 81.8. The monoisotopic (exact) mass is 1560 g/mol. The minimum Gasteiger partial charge on any atom is -0.480 e. The third-order valence-corrected chi connectivity index (χ3v) is 17.1. The second-order valence-electron chi connectivity index (χ2n) is 24.7. The summed E-state index contributed by atoms with van der Waals surface area (Å²) in [7, 11) is 0. The molecule has 603 valence electrons. The number of aliphatic carboxylic acids is 7. The summed E-state index contributed by atoms with van der Waals surface area (Å²) in [6, 6.07) is 0. The molecule has 14 bridgehead atoms. The van der Waals surface area contributed by atoms with Crippen LogP contribution in [-0.2, 0) is 133 Å². The molecule has 35 atom stereocenters. The van der Waals surface area contributed by atoms with E-state index in [1.807, 2.05) is 0 Å². The van der Waals surface area contributed by atoms with Crippen LogP contribution < -0.4 is 0 Å². The van der Waals surface area contributed by atoms with E-state index < -0.39 is 349 Å². The molecule has 21 aliphatic heterocycles. The topological polar surface area (TPSA) is 738 Å². The molecule has 21 heterocycles. The van der Waals surface area contributed by atoms with Crippen molar-refractivity contribution in [3.63, 3.8) is 0 Å². The zero-order valence-corrected chi connectivity index (χ0v) is 57.4. The second kappa shape index (κ2) is 40.9. The van der Waals surface area contributed by atoms with Crippen LogP contribution in [0.15, 0.2) is 0 Å². The van der Waals surface area contributed by atoms with E-state index in [-0.39, 0.29) is 29.6 Å². The Kier molecular flexibility index (Phi) is 34.4. The maximum atomic E-state index is 11.9. The summed E-state index contributed by atoms with van der Waals surface area (Å²) in [5.74, 6) is -11.2. The van der Waals surface area contributed by atoms with E-state index in [0.717, 1.165) is 0 Å². The minimum absolute atomic E-state index is 0. The molecule has 21 N–H and O–H groups in total. The third kappa shape index (κ3) is 23.0. The van der Waals surface area contributed by atoms with Gasteiger partial charge in [0.15, 0.2) is 44.0 Å². The first kappa shape index (κ1) is 89.1. The first-order valence-electron chi connectivity index (χ1n) is 31.9. The Hall–Kier alpha value is -4.11. The van der Waals surface area contributed by atoms with Crippen molar-refractivity contribution in [2.24, 2.45) is 0 Å². The molecular weight excluding hydrogens is 1480 g/mol. The van der Waals surface area contributed by atoms with Crippen molar-refractivity contribution in [1.82, 2.24) is 0 Å². The quantitative estimate of drug-likeness (QED) is 0.0324. The van der Waals surface area contributed by atoms with Gasteiger partial charge in [0.2, 0.25) is 0 Å². The Bertz CT molecular complexity index is 2310. The fourth-order valence-corrected chi connectivity index (χ4v) is 12.2. The Balaban J connectivity index is 0.0000157. The number of aliphatic hydroxyl groups excluding tert-OH is 14. The van der Waals surface area contributed by atoms with Gasteiger partial charge >= 0.3 is 41.8 Å². The fraction of sp³-hybridized carbons (Fsp3) is 0.875. The van der Waals surface area contributed by atoms with Gasteiger partial charge in [-0.25, -0.2) is 33.6 Å². The van der Waals surface area contributed by atoms with Gasteiger partial charge in [-0.1, -0.05) is 0 Å². The predicted octanol–water partition coefficient (Wildman–Crippen LogP) is -14.8. The summed E-state index contributed by atoms with van der Waals surface area (Å²) in [5.41, 5.74) is 0. The Morgan fingerprint density at radius 1 is 0.189 bits per heavy atom. The van der Waals surface area contributed by atoms with Crippen molar-refractivity contribution in [1.29, 1.82) is 0 Å². The molecule has 0 aromatic rings. The van der Waals surface area contributed by atoms with Gasteiger partial charge in [-0.05, 0) is 0 Å². The average molecular weight is 1560 g/mol. The first-order chi connectivity index (χ1) is 49.6. The normalized spacial score (nSPS) is 43.1. The number of carboxylic acid groups (broad SMARTS) is 7. The van der Waals surface area contributed by atoms with Crippen molar-refractivity contribution >= 4 is 71.3 Å². The molecule has 50 heteroatoms. The molecule has 21 rings (SSSR count). The van der Waals surface area contributed by atoms with Crippen LogP contribution >= 0.6 is 0 Å². The van der Waals surface area contributed by atoms with E-state index in [9.17, 15) is 141 Å². The van der Waals surface area contributed by atoms with Crippen LogP contribution in [0.25, 0.3) is 0 Å². The molecule has 0 aromatic heterocycles. The van der Waals surface area contributed by atoms with Gasteiger partial charge in [0.25, 0.3) is 0 Å². The Morgan fingerprint density at radius 3 is 0.387 bits per heavy atom. The molecule has 0 aliphatic carbocycles. The smallest absolute Gasteiger partial charge is 0.329 e. The van der Waals surface area contributed by atoms with E-state index >= 15 is 0 Å². The van der Waals surface area contributed by atoms with E-state index in [0.29, 0.717) is 0 Å². The largest absolute Gasteiger partial charge is 0.480 e. The summed E-state index contributed by atoms with van der Waals surface area (Å²) in [6.45, 7) is -14.7. The summed E-state index contributed by atoms with van der Waals surface area (Å²) < 4.78 is 119. The first-order valence-corrected chi connectivity index (χ1v) is 31.9. The number of carbonyl (C=O) groups is 7. The number of aliphatic hydroxyl groups is 14. The summed E-state index contributed by atoms with van der Waals surface area (Å²) in [5, 5.41) is 232. The maximum Gasteiger partial charge on any atom is 0.329 e. The number of hydrogen-bond acceptors (Lipinski definition) is 42. The van der Waals surface area contributed by atoms with Crippen LogP contribution in [0.3, 0.4) is 0 Å². The molecular formula is C56H84NaO49. The van der Waals surface area contributed by atoms with Crippen LogP contribution in [-0.4, -0.2) is 486 Å². The SMILES string of the molecule is O=C(O)COC[C@H]1O[C@@H]2O[C@H]3C(O)[C@@H](O)[C@H](O[C@@H]3COCC(=O)O)O[C@H]3C(O)[C@@H](O)[C@H](O[C@@H]3COCC(=O)O)O[C@H]3C(O)[C@@H](O)[C@H](O[C@@H]3COCC(=O)O)O[C@H]3C(O)[C@@H](O)[C@@H](O[C@H]4[C@H](O)[C@@H](O)[C@H](O[C@@H]4COCC(=O)O)O[C@H]4C(O)[C@@H](O)[C@@H](O[C@H]1[C@H](O)[C@H]2O)O[C@@H]4COCC(=O)O)O[C@@H]3COCC(=O)O.[Na]. The summed E-state index contributed by atoms with van der Waals surface area (Å²) >= 11 is 0. The molecule has 21 saturated heterocycles.